The number of carbonyl (C=O) groups excluding carboxylic acids is 1. The predicted octanol–water partition coefficient (Wildman–Crippen LogP) is 1.54. The number of hydrogen-bond acceptors (Lipinski definition) is 7. The molecule has 0 atom stereocenters. The van der Waals surface area contributed by atoms with E-state index in [9.17, 15) is 18.8 Å². The number of aryl methyl sites for hydroxylation is 1. The molecule has 0 saturated heterocycles. The molecule has 5 rings (SSSR count). The van der Waals surface area contributed by atoms with Crippen molar-refractivity contribution in [3.63, 3.8) is 0 Å². The van der Waals surface area contributed by atoms with Gasteiger partial charge in [-0.15, -0.1) is 0 Å². The van der Waals surface area contributed by atoms with Gasteiger partial charge >= 0.3 is 11.7 Å². The molecule has 1 aliphatic rings. The summed E-state index contributed by atoms with van der Waals surface area (Å²) in [5, 5.41) is 5.90. The third-order valence-corrected chi connectivity index (χ3v) is 5.81. The molecule has 0 unspecified atom stereocenters. The van der Waals surface area contributed by atoms with Crippen LogP contribution in [0.5, 0.6) is 0 Å². The highest BCUT2D eigenvalue weighted by Gasteiger charge is 2.29. The molecule has 0 aliphatic carbocycles. The van der Waals surface area contributed by atoms with Crippen molar-refractivity contribution >= 4 is 28.8 Å². The minimum absolute atomic E-state index is 0.0908. The molecule has 0 N–H and O–H groups in total. The molecule has 10 nitrogen and oxygen atoms in total. The second-order valence-electron chi connectivity index (χ2n) is 8.13. The number of hydrogen-bond donors (Lipinski definition) is 0. The third kappa shape index (κ3) is 4.01. The zero-order valence-electron chi connectivity index (χ0n) is 19.0. The molecule has 3 heterocycles. The minimum atomic E-state index is -0.557. The summed E-state index contributed by atoms with van der Waals surface area (Å²) in [6, 6.07) is 15.0. The van der Waals surface area contributed by atoms with Gasteiger partial charge < -0.3 is 4.74 Å². The van der Waals surface area contributed by atoms with Crippen LogP contribution < -0.4 is 16.3 Å². The number of nitrogens with zero attached hydrogens (tertiary/aromatic N) is 6. The number of fused-ring (bicyclic) bond motifs is 3. The minimum Gasteiger partial charge on any atom is -0.459 e. The Morgan fingerprint density at radius 2 is 1.74 bits per heavy atom. The topological polar surface area (TPSA) is 104 Å². The van der Waals surface area contributed by atoms with Gasteiger partial charge in [0, 0.05) is 14.1 Å². The van der Waals surface area contributed by atoms with Gasteiger partial charge in [0.1, 0.15) is 19.0 Å². The second kappa shape index (κ2) is 8.67. The largest absolute Gasteiger partial charge is 0.459 e. The molecule has 4 aromatic rings. The molecule has 11 heteroatoms. The molecule has 1 aliphatic heterocycles. The van der Waals surface area contributed by atoms with Crippen molar-refractivity contribution in [1.82, 2.24) is 18.7 Å². The maximum atomic E-state index is 13.5. The average molecular weight is 476 g/mol. The molecule has 0 bridgehead atoms. The van der Waals surface area contributed by atoms with Crippen LogP contribution in [-0.2, 0) is 36.8 Å². The van der Waals surface area contributed by atoms with Crippen LogP contribution in [0.1, 0.15) is 11.1 Å². The van der Waals surface area contributed by atoms with E-state index in [1.807, 2.05) is 30.3 Å². The van der Waals surface area contributed by atoms with E-state index in [2.05, 4.69) is 10.1 Å². The lowest BCUT2D eigenvalue weighted by molar-refractivity contribution is -0.143. The zero-order valence-corrected chi connectivity index (χ0v) is 19.0. The normalized spacial score (nSPS) is 13.0. The van der Waals surface area contributed by atoms with E-state index in [1.54, 1.807) is 16.7 Å². The molecule has 35 heavy (non-hydrogen) atoms. The van der Waals surface area contributed by atoms with Crippen molar-refractivity contribution < 1.29 is 13.9 Å². The van der Waals surface area contributed by atoms with E-state index >= 15 is 0 Å². The Morgan fingerprint density at radius 3 is 2.46 bits per heavy atom. The molecule has 2 aromatic heterocycles. The SMILES string of the molecule is Cn1c(=O)c2c(nc3n2CC(c2ccc(F)cc2)=NN3CC(=O)OCc2ccccc2)n(C)c1=O. The Kier molecular flexibility index (Phi) is 5.51. The number of ether oxygens (including phenoxy) is 1. The van der Waals surface area contributed by atoms with Crippen molar-refractivity contribution in [2.45, 2.75) is 13.2 Å². The maximum absolute atomic E-state index is 13.5. The van der Waals surface area contributed by atoms with Crippen LogP contribution in [0.2, 0.25) is 0 Å². The number of anilines is 1. The van der Waals surface area contributed by atoms with E-state index in [0.717, 1.165) is 10.1 Å². The molecule has 0 spiro atoms. The molecule has 0 fully saturated rings. The van der Waals surface area contributed by atoms with E-state index < -0.39 is 23.0 Å². The van der Waals surface area contributed by atoms with E-state index in [0.29, 0.717) is 11.3 Å². The fraction of sp³-hybridized carbons (Fsp3) is 0.208. The molecule has 0 saturated carbocycles. The van der Waals surface area contributed by atoms with Crippen LogP contribution in [0.4, 0.5) is 10.3 Å². The van der Waals surface area contributed by atoms with Crippen LogP contribution in [0.25, 0.3) is 11.2 Å². The predicted molar refractivity (Wildman–Crippen MR) is 127 cm³/mol. The smallest absolute Gasteiger partial charge is 0.332 e. The first-order valence-electron chi connectivity index (χ1n) is 10.8. The van der Waals surface area contributed by atoms with Gasteiger partial charge in [-0.25, -0.2) is 14.2 Å². The van der Waals surface area contributed by atoms with E-state index in [4.69, 9.17) is 4.74 Å². The van der Waals surface area contributed by atoms with Gasteiger partial charge in [0.2, 0.25) is 5.95 Å². The fourth-order valence-electron chi connectivity index (χ4n) is 3.96. The standard InChI is InChI=1S/C24H21FN6O4/c1-28-21-20(22(33)29(2)24(28)34)30-12-18(16-8-10-17(25)11-9-16)27-31(23(30)26-21)13-19(32)35-14-15-6-4-3-5-7-15/h3-11H,12-14H2,1-2H3. The molecular formula is C24H21FN6O4. The lowest BCUT2D eigenvalue weighted by Gasteiger charge is -2.25. The van der Waals surface area contributed by atoms with Crippen molar-refractivity contribution in [3.8, 4) is 0 Å². The first-order chi connectivity index (χ1) is 16.8. The van der Waals surface area contributed by atoms with Gasteiger partial charge in [-0.1, -0.05) is 42.5 Å². The number of hydrazone groups is 1. The zero-order chi connectivity index (χ0) is 24.7. The van der Waals surface area contributed by atoms with Crippen molar-refractivity contribution in [1.29, 1.82) is 0 Å². The summed E-state index contributed by atoms with van der Waals surface area (Å²) < 4.78 is 22.8. The molecular weight excluding hydrogens is 455 g/mol. The van der Waals surface area contributed by atoms with E-state index in [-0.39, 0.29) is 36.8 Å². The second-order valence-corrected chi connectivity index (χ2v) is 8.13. The maximum Gasteiger partial charge on any atom is 0.332 e. The van der Waals surface area contributed by atoms with Crippen molar-refractivity contribution in [3.05, 3.63) is 92.4 Å². The van der Waals surface area contributed by atoms with Crippen LogP contribution >= 0.6 is 0 Å². The number of rotatable bonds is 5. The summed E-state index contributed by atoms with van der Waals surface area (Å²) in [4.78, 5) is 42.6. The fourth-order valence-corrected chi connectivity index (χ4v) is 3.96. The summed E-state index contributed by atoms with van der Waals surface area (Å²) in [6.07, 6.45) is 0. The third-order valence-electron chi connectivity index (χ3n) is 5.81. The number of halogens is 1. The lowest BCUT2D eigenvalue weighted by Crippen LogP contribution is -2.38. The Morgan fingerprint density at radius 1 is 1.03 bits per heavy atom. The van der Waals surface area contributed by atoms with Crippen LogP contribution in [0.15, 0.2) is 69.3 Å². The van der Waals surface area contributed by atoms with Gasteiger partial charge in [-0.2, -0.15) is 10.1 Å². The van der Waals surface area contributed by atoms with Crippen LogP contribution in [-0.4, -0.2) is 36.9 Å². The Balaban J connectivity index is 1.56. The van der Waals surface area contributed by atoms with E-state index in [1.165, 1.54) is 35.8 Å². The lowest BCUT2D eigenvalue weighted by atomic mass is 10.1. The number of imidazole rings is 1. The molecule has 2 aromatic carbocycles. The molecule has 178 valence electrons. The van der Waals surface area contributed by atoms with Gasteiger partial charge in [0.15, 0.2) is 11.2 Å². The highest BCUT2D eigenvalue weighted by atomic mass is 19.1. The molecule has 0 amide bonds. The summed E-state index contributed by atoms with van der Waals surface area (Å²) in [6.45, 7) is -0.0525. The Hall–Kier alpha value is -4.54. The van der Waals surface area contributed by atoms with Crippen LogP contribution in [0.3, 0.4) is 0 Å². The quantitative estimate of drug-likeness (QED) is 0.405. The molecule has 0 radical (unpaired) electrons. The van der Waals surface area contributed by atoms with Gasteiger partial charge in [-0.3, -0.25) is 23.3 Å². The number of aromatic nitrogens is 4. The summed E-state index contributed by atoms with van der Waals surface area (Å²) in [5.41, 5.74) is 1.26. The van der Waals surface area contributed by atoms with Gasteiger partial charge in [-0.05, 0) is 23.3 Å². The Labute approximate surface area is 198 Å². The monoisotopic (exact) mass is 476 g/mol. The number of esters is 1. The average Bonchev–Trinajstić information content (AvgIpc) is 3.26. The summed E-state index contributed by atoms with van der Waals surface area (Å²) in [7, 11) is 2.91. The number of carbonyl (C=O) groups is 1. The highest BCUT2D eigenvalue weighted by molar-refractivity contribution is 6.03. The van der Waals surface area contributed by atoms with Crippen molar-refractivity contribution in [2.24, 2.45) is 19.2 Å². The Bertz CT molecular complexity index is 1590. The van der Waals surface area contributed by atoms with Gasteiger partial charge in [0.25, 0.3) is 5.56 Å². The summed E-state index contributed by atoms with van der Waals surface area (Å²) >= 11 is 0. The van der Waals surface area contributed by atoms with Crippen molar-refractivity contribution in [2.75, 3.05) is 11.6 Å². The number of benzene rings is 2. The van der Waals surface area contributed by atoms with Gasteiger partial charge in [0.05, 0.1) is 12.3 Å². The van der Waals surface area contributed by atoms with Crippen LogP contribution in [0, 0.1) is 5.82 Å². The highest BCUT2D eigenvalue weighted by Crippen LogP contribution is 2.25. The first kappa shape index (κ1) is 22.3. The summed E-state index contributed by atoms with van der Waals surface area (Å²) in [5.74, 6) is -0.733. The first-order valence-corrected chi connectivity index (χ1v) is 10.8.